The van der Waals surface area contributed by atoms with Gasteiger partial charge in [0.1, 0.15) is 18.9 Å². The number of fused-ring (bicyclic) bond motifs is 3. The average molecular weight is 252 g/mol. The number of aliphatic hydroxyl groups excluding tert-OH is 1. The Balaban J connectivity index is 1.63. The van der Waals surface area contributed by atoms with Gasteiger partial charge in [0.05, 0.1) is 13.1 Å². The van der Waals surface area contributed by atoms with Crippen molar-refractivity contribution in [3.63, 3.8) is 0 Å². The lowest BCUT2D eigenvalue weighted by Gasteiger charge is -2.50. The Morgan fingerprint density at radius 1 is 1.56 bits per heavy atom. The van der Waals surface area contributed by atoms with Gasteiger partial charge in [-0.05, 0) is 0 Å². The van der Waals surface area contributed by atoms with Gasteiger partial charge in [0.25, 0.3) is 5.91 Å². The lowest BCUT2D eigenvalue weighted by atomic mass is 9.83. The zero-order chi connectivity index (χ0) is 12.6. The summed E-state index contributed by atoms with van der Waals surface area (Å²) in [6.07, 6.45) is 3.24. The highest BCUT2D eigenvalue weighted by atomic mass is 16.5. The van der Waals surface area contributed by atoms with Crippen LogP contribution in [0.15, 0.2) is 16.9 Å². The van der Waals surface area contributed by atoms with E-state index in [-0.39, 0.29) is 12.0 Å². The molecule has 2 N–H and O–H groups in total. The molecule has 0 aromatic carbocycles. The zero-order valence-corrected chi connectivity index (χ0v) is 10.2. The molecule has 3 fully saturated rings. The average Bonchev–Trinajstić information content (AvgIpc) is 2.82. The molecule has 98 valence electrons. The number of hydrogen-bond acceptors (Lipinski definition) is 4. The lowest BCUT2D eigenvalue weighted by Crippen LogP contribution is -2.65. The summed E-state index contributed by atoms with van der Waals surface area (Å²) in [4.78, 5) is 12.0. The molecule has 0 aliphatic carbocycles. The second kappa shape index (κ2) is 4.37. The minimum atomic E-state index is -0.243. The van der Waals surface area contributed by atoms with E-state index in [1.54, 1.807) is 6.07 Å². The van der Waals surface area contributed by atoms with Crippen LogP contribution in [0.4, 0.5) is 5.82 Å². The van der Waals surface area contributed by atoms with E-state index in [1.807, 2.05) is 0 Å². The van der Waals surface area contributed by atoms with Gasteiger partial charge in [0.2, 0.25) is 0 Å². The molecule has 0 spiro atoms. The van der Waals surface area contributed by atoms with Crippen LogP contribution >= 0.6 is 0 Å². The van der Waals surface area contributed by atoms with Gasteiger partial charge in [0, 0.05) is 24.8 Å². The van der Waals surface area contributed by atoms with Crippen molar-refractivity contribution in [2.75, 3.05) is 31.5 Å². The van der Waals surface area contributed by atoms with Crippen molar-refractivity contribution in [1.29, 1.82) is 0 Å². The molecular formula is C12H18N3O3+. The van der Waals surface area contributed by atoms with Crippen LogP contribution in [0.3, 0.4) is 0 Å². The van der Waals surface area contributed by atoms with Gasteiger partial charge in [-0.1, -0.05) is 5.16 Å². The molecule has 3 saturated heterocycles. The zero-order valence-electron chi connectivity index (χ0n) is 10.2. The third-order valence-electron chi connectivity index (χ3n) is 4.25. The van der Waals surface area contributed by atoms with E-state index < -0.39 is 0 Å². The number of nitrogens with zero attached hydrogens (tertiary/aromatic N) is 2. The number of aromatic nitrogens is 1. The molecule has 0 radical (unpaired) electrons. The number of piperidine rings is 3. The Morgan fingerprint density at radius 2 is 2.33 bits per heavy atom. The first-order valence-electron chi connectivity index (χ1n) is 6.40. The van der Waals surface area contributed by atoms with Crippen molar-refractivity contribution < 1.29 is 18.9 Å². The summed E-state index contributed by atoms with van der Waals surface area (Å²) in [7, 11) is 0. The maximum atomic E-state index is 12.0. The molecule has 3 aliphatic heterocycles. The van der Waals surface area contributed by atoms with E-state index in [2.05, 4.69) is 15.0 Å². The monoisotopic (exact) mass is 252 g/mol. The van der Waals surface area contributed by atoms with Crippen LogP contribution in [0, 0.1) is 5.92 Å². The van der Waals surface area contributed by atoms with Crippen LogP contribution in [0.2, 0.25) is 0 Å². The van der Waals surface area contributed by atoms with Gasteiger partial charge in [-0.25, -0.2) is 0 Å². The van der Waals surface area contributed by atoms with Gasteiger partial charge in [0.15, 0.2) is 12.4 Å². The largest absolute Gasteiger partial charge is 0.387 e. The maximum Gasteiger partial charge on any atom is 0.280 e. The molecule has 6 nitrogen and oxygen atoms in total. The van der Waals surface area contributed by atoms with Crippen molar-refractivity contribution in [3.05, 3.63) is 12.3 Å². The number of anilines is 1. The Labute approximate surface area is 105 Å². The number of amides is 1. The summed E-state index contributed by atoms with van der Waals surface area (Å²) < 4.78 is 5.38. The van der Waals surface area contributed by atoms with Crippen LogP contribution in [0.25, 0.3) is 0 Å². The molecule has 4 heterocycles. The van der Waals surface area contributed by atoms with Crippen molar-refractivity contribution in [2.24, 2.45) is 5.92 Å². The van der Waals surface area contributed by atoms with Crippen molar-refractivity contribution in [2.45, 2.75) is 18.9 Å². The van der Waals surface area contributed by atoms with Crippen LogP contribution in [0.5, 0.6) is 0 Å². The van der Waals surface area contributed by atoms with Crippen molar-refractivity contribution in [1.82, 2.24) is 5.16 Å². The first kappa shape index (κ1) is 11.7. The number of carbonyl (C=O) groups is 1. The number of quaternary nitrogens is 1. The summed E-state index contributed by atoms with van der Waals surface area (Å²) in [6, 6.07) is 1.62. The van der Waals surface area contributed by atoms with E-state index in [9.17, 15) is 9.90 Å². The molecular weight excluding hydrogens is 234 g/mol. The van der Waals surface area contributed by atoms with Crippen LogP contribution < -0.4 is 5.32 Å². The molecule has 2 bridgehead atoms. The van der Waals surface area contributed by atoms with Gasteiger partial charge in [-0.15, -0.1) is 0 Å². The van der Waals surface area contributed by atoms with Crippen molar-refractivity contribution >= 4 is 11.7 Å². The summed E-state index contributed by atoms with van der Waals surface area (Å²) in [6.45, 7) is 3.11. The number of carbonyl (C=O) groups excluding carboxylic acids is 1. The van der Waals surface area contributed by atoms with Crippen LogP contribution in [-0.4, -0.2) is 52.9 Å². The minimum absolute atomic E-state index is 0.0588. The molecule has 4 rings (SSSR count). The van der Waals surface area contributed by atoms with E-state index in [1.165, 1.54) is 6.26 Å². The summed E-state index contributed by atoms with van der Waals surface area (Å²) in [5.41, 5.74) is 0. The predicted molar refractivity (Wildman–Crippen MR) is 63.6 cm³/mol. The maximum absolute atomic E-state index is 12.0. The predicted octanol–water partition coefficient (Wildman–Crippen LogP) is 0.214. The smallest absolute Gasteiger partial charge is 0.280 e. The Kier molecular flexibility index (Phi) is 2.83. The lowest BCUT2D eigenvalue weighted by molar-refractivity contribution is -0.939. The number of rotatable bonds is 3. The molecule has 18 heavy (non-hydrogen) atoms. The second-order valence-electron chi connectivity index (χ2n) is 5.47. The van der Waals surface area contributed by atoms with Crippen molar-refractivity contribution in [3.8, 4) is 0 Å². The van der Waals surface area contributed by atoms with E-state index in [0.29, 0.717) is 29.3 Å². The molecule has 1 aromatic heterocycles. The third-order valence-corrected chi connectivity index (χ3v) is 4.25. The molecule has 1 unspecified atom stereocenters. The Morgan fingerprint density at radius 3 is 2.94 bits per heavy atom. The quantitative estimate of drug-likeness (QED) is 0.754. The molecule has 1 aromatic rings. The Bertz CT molecular complexity index is 424. The number of nitrogens with one attached hydrogen (secondary N) is 1. The summed E-state index contributed by atoms with van der Waals surface area (Å²) in [5, 5.41) is 16.3. The normalized spacial score (nSPS) is 34.5. The standard InChI is InChI=1S/C12H17N3O3/c16-10-7-15(4-1-9(10)2-5-15)8-12(17)13-11-3-6-18-14-11/h3,6,9-10,16H,1-2,4-5,7-8H2/p+1. The van der Waals surface area contributed by atoms with Crippen LogP contribution in [-0.2, 0) is 4.79 Å². The molecule has 3 aliphatic rings. The van der Waals surface area contributed by atoms with E-state index >= 15 is 0 Å². The highest BCUT2D eigenvalue weighted by Crippen LogP contribution is 2.33. The fraction of sp³-hybridized carbons (Fsp3) is 0.667. The van der Waals surface area contributed by atoms with Gasteiger partial charge >= 0.3 is 0 Å². The summed E-state index contributed by atoms with van der Waals surface area (Å²) >= 11 is 0. The number of aliphatic hydroxyl groups is 1. The Hall–Kier alpha value is -1.40. The summed E-state index contributed by atoms with van der Waals surface area (Å²) in [5.74, 6) is 0.839. The highest BCUT2D eigenvalue weighted by molar-refractivity contribution is 5.90. The topological polar surface area (TPSA) is 75.4 Å². The SMILES string of the molecule is O=C(C[N+]12CCC(CC1)C(O)C2)Nc1ccon1. The molecule has 1 atom stereocenters. The fourth-order valence-corrected chi connectivity index (χ4v) is 3.24. The fourth-order valence-electron chi connectivity index (χ4n) is 3.24. The van der Waals surface area contributed by atoms with Gasteiger partial charge in [-0.3, -0.25) is 4.79 Å². The molecule has 0 saturated carbocycles. The number of hydrogen-bond donors (Lipinski definition) is 2. The molecule has 1 amide bonds. The highest BCUT2D eigenvalue weighted by Gasteiger charge is 2.46. The van der Waals surface area contributed by atoms with Crippen LogP contribution in [0.1, 0.15) is 12.8 Å². The first-order chi connectivity index (χ1) is 8.67. The molecule has 6 heteroatoms. The first-order valence-corrected chi connectivity index (χ1v) is 6.40. The second-order valence-corrected chi connectivity index (χ2v) is 5.47. The minimum Gasteiger partial charge on any atom is -0.387 e. The third kappa shape index (κ3) is 2.13. The van der Waals surface area contributed by atoms with Gasteiger partial charge < -0.3 is 19.4 Å². The van der Waals surface area contributed by atoms with E-state index in [0.717, 1.165) is 25.9 Å². The van der Waals surface area contributed by atoms with E-state index in [4.69, 9.17) is 0 Å². The van der Waals surface area contributed by atoms with Gasteiger partial charge in [-0.2, -0.15) is 0 Å².